The molecule has 3 heteroatoms. The number of rotatable bonds is 6. The van der Waals surface area contributed by atoms with Crippen molar-refractivity contribution in [3.8, 4) is 0 Å². The Hall–Kier alpha value is -2.91. The maximum atomic E-state index is 13.0. The molecule has 152 valence electrons. The zero-order valence-electron chi connectivity index (χ0n) is 17.5. The Labute approximate surface area is 178 Å². The van der Waals surface area contributed by atoms with Gasteiger partial charge in [-0.2, -0.15) is 0 Å². The van der Waals surface area contributed by atoms with Gasteiger partial charge in [0.05, 0.1) is 11.6 Å². The van der Waals surface area contributed by atoms with E-state index in [1.165, 1.54) is 16.7 Å². The minimum Gasteiger partial charge on any atom is -0.456 e. The highest BCUT2D eigenvalue weighted by Gasteiger charge is 2.75. The molecule has 5 rings (SSSR count). The van der Waals surface area contributed by atoms with E-state index in [0.717, 1.165) is 12.8 Å². The number of ether oxygens (including phenoxy) is 1. The summed E-state index contributed by atoms with van der Waals surface area (Å²) in [5.74, 6) is -0.0872. The average molecular weight is 398 g/mol. The summed E-state index contributed by atoms with van der Waals surface area (Å²) in [5, 5.41) is 0. The molecule has 0 bridgehead atoms. The molecule has 2 heterocycles. The van der Waals surface area contributed by atoms with Gasteiger partial charge in [-0.15, -0.1) is 0 Å². The molecule has 1 unspecified atom stereocenters. The first kappa shape index (κ1) is 19.1. The normalized spacial score (nSPS) is 24.2. The first-order valence-electron chi connectivity index (χ1n) is 10.9. The van der Waals surface area contributed by atoms with E-state index in [-0.39, 0.29) is 18.1 Å². The van der Waals surface area contributed by atoms with E-state index in [9.17, 15) is 4.79 Å². The molecule has 0 spiro atoms. The van der Waals surface area contributed by atoms with Crippen LogP contribution in [0.25, 0.3) is 0 Å². The summed E-state index contributed by atoms with van der Waals surface area (Å²) in [5.41, 5.74) is 2.54. The predicted molar refractivity (Wildman–Crippen MR) is 118 cm³/mol. The Morgan fingerprint density at radius 2 is 1.17 bits per heavy atom. The fourth-order valence-electron chi connectivity index (χ4n) is 5.55. The van der Waals surface area contributed by atoms with Crippen LogP contribution in [0, 0.1) is 0 Å². The van der Waals surface area contributed by atoms with Crippen LogP contribution in [0.1, 0.15) is 43.4 Å². The third kappa shape index (κ3) is 2.51. The van der Waals surface area contributed by atoms with Gasteiger partial charge in [0, 0.05) is 0 Å². The Balaban J connectivity index is 1.80. The standard InChI is InChI=1S/C27H27NO2/c1-3-26(4-2)24-23(25(29)30-26)28(24)27(20-14-8-5-9-15-20,21-16-10-6-11-17-21)22-18-12-7-13-19-22/h5-19,23-24H,3-4H2,1-2H3/t23-,24+,28?/m0/s1. The lowest BCUT2D eigenvalue weighted by Gasteiger charge is -2.42. The van der Waals surface area contributed by atoms with E-state index in [4.69, 9.17) is 4.74 Å². The Bertz CT molecular complexity index is 932. The second-order valence-electron chi connectivity index (χ2n) is 8.30. The van der Waals surface area contributed by atoms with E-state index in [2.05, 4.69) is 91.5 Å². The van der Waals surface area contributed by atoms with Crippen LogP contribution in [-0.2, 0) is 15.1 Å². The van der Waals surface area contributed by atoms with Crippen LogP contribution in [0.15, 0.2) is 91.0 Å². The third-order valence-corrected chi connectivity index (χ3v) is 7.05. The topological polar surface area (TPSA) is 29.3 Å². The van der Waals surface area contributed by atoms with Gasteiger partial charge in [-0.3, -0.25) is 9.69 Å². The number of hydrogen-bond acceptors (Lipinski definition) is 3. The van der Waals surface area contributed by atoms with Crippen LogP contribution >= 0.6 is 0 Å². The molecule has 3 atom stereocenters. The lowest BCUT2D eigenvalue weighted by Crippen LogP contribution is -2.47. The van der Waals surface area contributed by atoms with Gasteiger partial charge in [-0.1, -0.05) is 105 Å². The lowest BCUT2D eigenvalue weighted by atomic mass is 9.76. The molecule has 0 radical (unpaired) electrons. The minimum absolute atomic E-state index is 0.0700. The van der Waals surface area contributed by atoms with E-state index in [1.54, 1.807) is 0 Å². The molecular formula is C27H27NO2. The molecule has 30 heavy (non-hydrogen) atoms. The zero-order valence-corrected chi connectivity index (χ0v) is 17.5. The highest BCUT2D eigenvalue weighted by Crippen LogP contribution is 2.59. The molecular weight excluding hydrogens is 370 g/mol. The molecule has 2 aliphatic heterocycles. The fourth-order valence-corrected chi connectivity index (χ4v) is 5.55. The molecule has 0 amide bonds. The summed E-state index contributed by atoms with van der Waals surface area (Å²) in [4.78, 5) is 15.4. The molecule has 0 N–H and O–H groups in total. The minimum atomic E-state index is -0.547. The number of fused-ring (bicyclic) bond motifs is 1. The van der Waals surface area contributed by atoms with Gasteiger partial charge >= 0.3 is 5.97 Å². The van der Waals surface area contributed by atoms with Crippen LogP contribution in [0.5, 0.6) is 0 Å². The predicted octanol–water partition coefficient (Wildman–Crippen LogP) is 5.15. The number of nitrogens with zero attached hydrogens (tertiary/aromatic N) is 1. The van der Waals surface area contributed by atoms with Crippen molar-refractivity contribution in [2.24, 2.45) is 0 Å². The summed E-state index contributed by atoms with van der Waals surface area (Å²) < 4.78 is 5.96. The summed E-state index contributed by atoms with van der Waals surface area (Å²) >= 11 is 0. The van der Waals surface area contributed by atoms with E-state index >= 15 is 0 Å². The van der Waals surface area contributed by atoms with E-state index in [1.807, 2.05) is 18.2 Å². The van der Waals surface area contributed by atoms with Crippen molar-refractivity contribution < 1.29 is 9.53 Å². The number of esters is 1. The van der Waals surface area contributed by atoms with Crippen molar-refractivity contribution in [1.82, 2.24) is 4.90 Å². The summed E-state index contributed by atoms with van der Waals surface area (Å²) in [7, 11) is 0. The lowest BCUT2D eigenvalue weighted by molar-refractivity contribution is -0.157. The summed E-state index contributed by atoms with van der Waals surface area (Å²) in [6, 6.07) is 31.6. The molecule has 3 aromatic rings. The molecule has 3 aromatic carbocycles. The number of cyclic esters (lactones) is 1. The quantitative estimate of drug-likeness (QED) is 0.327. The molecule has 2 aliphatic rings. The van der Waals surface area contributed by atoms with Crippen molar-refractivity contribution in [3.63, 3.8) is 0 Å². The molecule has 0 aromatic heterocycles. The van der Waals surface area contributed by atoms with Crippen LogP contribution in [0.4, 0.5) is 0 Å². The number of hydrogen-bond donors (Lipinski definition) is 0. The smallest absolute Gasteiger partial charge is 0.325 e. The molecule has 3 nitrogen and oxygen atoms in total. The molecule has 2 saturated heterocycles. The number of carbonyl (C=O) groups excluding carboxylic acids is 1. The van der Waals surface area contributed by atoms with Gasteiger partial charge < -0.3 is 4.74 Å². The summed E-state index contributed by atoms with van der Waals surface area (Å²) in [6.45, 7) is 4.26. The summed E-state index contributed by atoms with van der Waals surface area (Å²) in [6.07, 6.45) is 1.64. The van der Waals surface area contributed by atoms with Crippen LogP contribution in [-0.4, -0.2) is 28.6 Å². The second kappa shape index (κ2) is 7.10. The second-order valence-corrected chi connectivity index (χ2v) is 8.30. The van der Waals surface area contributed by atoms with Gasteiger partial charge in [0.1, 0.15) is 11.6 Å². The highest BCUT2D eigenvalue weighted by atomic mass is 16.6. The highest BCUT2D eigenvalue weighted by molar-refractivity contribution is 5.85. The van der Waals surface area contributed by atoms with Crippen molar-refractivity contribution in [3.05, 3.63) is 108 Å². The Morgan fingerprint density at radius 1 is 0.767 bits per heavy atom. The third-order valence-electron chi connectivity index (χ3n) is 7.05. The van der Waals surface area contributed by atoms with Crippen molar-refractivity contribution in [2.75, 3.05) is 0 Å². The molecule has 2 fully saturated rings. The Morgan fingerprint density at radius 3 is 1.53 bits per heavy atom. The SMILES string of the molecule is CCC1(CC)OC(=O)[C@@H]2[C@H]1N2C(c1ccccc1)(c1ccccc1)c1ccccc1. The van der Waals surface area contributed by atoms with Gasteiger partial charge in [-0.05, 0) is 29.5 Å². The fraction of sp³-hybridized carbons (Fsp3) is 0.296. The molecule has 0 saturated carbocycles. The van der Waals surface area contributed by atoms with Crippen LogP contribution in [0.3, 0.4) is 0 Å². The monoisotopic (exact) mass is 397 g/mol. The first-order chi connectivity index (χ1) is 14.7. The maximum Gasteiger partial charge on any atom is 0.325 e. The van der Waals surface area contributed by atoms with Crippen molar-refractivity contribution >= 4 is 5.97 Å². The van der Waals surface area contributed by atoms with Gasteiger partial charge in [0.2, 0.25) is 0 Å². The van der Waals surface area contributed by atoms with Gasteiger partial charge in [0.15, 0.2) is 0 Å². The van der Waals surface area contributed by atoms with Crippen LogP contribution in [0.2, 0.25) is 0 Å². The maximum absolute atomic E-state index is 13.0. The zero-order chi connectivity index (χ0) is 20.8. The largest absolute Gasteiger partial charge is 0.456 e. The average Bonchev–Trinajstić information content (AvgIpc) is 3.49. The van der Waals surface area contributed by atoms with Gasteiger partial charge in [-0.25, -0.2) is 0 Å². The number of benzene rings is 3. The van der Waals surface area contributed by atoms with E-state index in [0.29, 0.717) is 0 Å². The van der Waals surface area contributed by atoms with E-state index < -0.39 is 11.1 Å². The molecule has 0 aliphatic carbocycles. The Kier molecular flexibility index (Phi) is 4.52. The first-order valence-corrected chi connectivity index (χ1v) is 10.9. The number of carbonyl (C=O) groups is 1. The van der Waals surface area contributed by atoms with Crippen LogP contribution < -0.4 is 0 Å². The van der Waals surface area contributed by atoms with Gasteiger partial charge in [0.25, 0.3) is 0 Å². The van der Waals surface area contributed by atoms with Crippen molar-refractivity contribution in [2.45, 2.75) is 49.9 Å². The van der Waals surface area contributed by atoms with Crippen molar-refractivity contribution in [1.29, 1.82) is 0 Å². The number of morpholine rings is 1.